The first kappa shape index (κ1) is 20.0. The van der Waals surface area contributed by atoms with E-state index in [0.717, 1.165) is 6.20 Å². The maximum absolute atomic E-state index is 15.0. The molecule has 0 radical (unpaired) electrons. The summed E-state index contributed by atoms with van der Waals surface area (Å²) in [6, 6.07) is 1.23. The molecule has 1 aliphatic rings. The zero-order valence-corrected chi connectivity index (χ0v) is 16.0. The van der Waals surface area contributed by atoms with Crippen LogP contribution in [0.3, 0.4) is 0 Å². The van der Waals surface area contributed by atoms with Crippen molar-refractivity contribution in [1.29, 1.82) is 0 Å². The number of nitrogens with two attached hydrogens (primary N) is 1. The standard InChI is InChI=1S/C15H25F2N3O4Si/c1-14(2,3)25(4,5)24-11-9(8-21)23-12(15(11,16)17)20-7-6-10(18)19-13(20)22/h6-7,9,11-12,21H,8H2,1-5H3,(H2,18,19,22)/t9-,11?,12-/m1/s1. The zero-order valence-electron chi connectivity index (χ0n) is 15.0. The Morgan fingerprint density at radius 1 is 1.48 bits per heavy atom. The van der Waals surface area contributed by atoms with Crippen LogP contribution < -0.4 is 11.4 Å². The summed E-state index contributed by atoms with van der Waals surface area (Å²) < 4.78 is 41.9. The van der Waals surface area contributed by atoms with E-state index in [0.29, 0.717) is 4.57 Å². The Kier molecular flexibility index (Phi) is 5.12. The van der Waals surface area contributed by atoms with E-state index in [2.05, 4.69) is 4.98 Å². The lowest BCUT2D eigenvalue weighted by Gasteiger charge is -2.40. The lowest BCUT2D eigenvalue weighted by atomic mass is 10.1. The van der Waals surface area contributed by atoms with E-state index >= 15 is 8.78 Å². The van der Waals surface area contributed by atoms with Crippen LogP contribution in [0.4, 0.5) is 14.6 Å². The van der Waals surface area contributed by atoms with Gasteiger partial charge in [0.05, 0.1) is 6.61 Å². The Bertz CT molecular complexity index is 690. The number of hydrogen-bond donors (Lipinski definition) is 2. The van der Waals surface area contributed by atoms with Gasteiger partial charge in [-0.05, 0) is 24.2 Å². The van der Waals surface area contributed by atoms with E-state index in [1.165, 1.54) is 6.07 Å². The van der Waals surface area contributed by atoms with Crippen molar-refractivity contribution in [3.63, 3.8) is 0 Å². The van der Waals surface area contributed by atoms with E-state index in [1.54, 1.807) is 0 Å². The Morgan fingerprint density at radius 3 is 2.56 bits per heavy atom. The minimum absolute atomic E-state index is 0.0738. The van der Waals surface area contributed by atoms with Gasteiger partial charge in [-0.2, -0.15) is 13.8 Å². The summed E-state index contributed by atoms with van der Waals surface area (Å²) in [6.07, 6.45) is -3.72. The van der Waals surface area contributed by atoms with Crippen molar-refractivity contribution in [2.75, 3.05) is 12.3 Å². The average molecular weight is 377 g/mol. The topological polar surface area (TPSA) is 99.6 Å². The maximum Gasteiger partial charge on any atom is 0.351 e. The van der Waals surface area contributed by atoms with Gasteiger partial charge >= 0.3 is 11.6 Å². The molecule has 3 N–H and O–H groups in total. The van der Waals surface area contributed by atoms with E-state index < -0.39 is 45.0 Å². The molecule has 0 saturated carbocycles. The first-order chi connectivity index (χ1) is 11.3. The summed E-state index contributed by atoms with van der Waals surface area (Å²) in [5.74, 6) is -3.60. The Hall–Kier alpha value is -1.36. The highest BCUT2D eigenvalue weighted by molar-refractivity contribution is 6.74. The van der Waals surface area contributed by atoms with Crippen molar-refractivity contribution in [2.24, 2.45) is 0 Å². The minimum Gasteiger partial charge on any atom is -0.405 e. The van der Waals surface area contributed by atoms with Crippen LogP contribution >= 0.6 is 0 Å². The second-order valence-corrected chi connectivity index (χ2v) is 12.5. The fourth-order valence-electron chi connectivity index (χ4n) is 2.36. The number of nitrogens with zero attached hydrogens (tertiary/aromatic N) is 2. The van der Waals surface area contributed by atoms with Gasteiger partial charge < -0.3 is 20.0 Å². The number of ether oxygens (including phenoxy) is 1. The van der Waals surface area contributed by atoms with Crippen LogP contribution in [0.25, 0.3) is 0 Å². The fraction of sp³-hybridized carbons (Fsp3) is 0.733. The molecule has 142 valence electrons. The Labute approximate surface area is 145 Å². The Morgan fingerprint density at radius 2 is 2.08 bits per heavy atom. The van der Waals surface area contributed by atoms with Crippen LogP contribution in [-0.2, 0) is 9.16 Å². The maximum atomic E-state index is 15.0. The third kappa shape index (κ3) is 3.62. The Balaban J connectivity index is 2.41. The molecule has 0 aromatic carbocycles. The SMILES string of the molecule is CC(C)(C)[Si](C)(C)OC1[C@@H](CO)O[C@@H](n2ccc(N)nc2=O)C1(F)F. The quantitative estimate of drug-likeness (QED) is 0.776. The summed E-state index contributed by atoms with van der Waals surface area (Å²) in [5, 5.41) is 9.20. The highest BCUT2D eigenvalue weighted by atomic mass is 28.4. The van der Waals surface area contributed by atoms with Crippen LogP contribution in [0.5, 0.6) is 0 Å². The van der Waals surface area contributed by atoms with Gasteiger partial charge in [-0.25, -0.2) is 4.79 Å². The van der Waals surface area contributed by atoms with Gasteiger partial charge in [-0.15, -0.1) is 0 Å². The number of aromatic nitrogens is 2. The molecule has 2 rings (SSSR count). The highest BCUT2D eigenvalue weighted by Gasteiger charge is 2.62. The number of hydrogen-bond acceptors (Lipinski definition) is 6. The molecule has 0 spiro atoms. The third-order valence-corrected chi connectivity index (χ3v) is 9.32. The normalized spacial score (nSPS) is 26.8. The molecule has 0 bridgehead atoms. The number of rotatable bonds is 4. The third-order valence-electron chi connectivity index (χ3n) is 4.86. The number of halogens is 2. The van der Waals surface area contributed by atoms with Crippen LogP contribution in [0.2, 0.25) is 18.1 Å². The number of aliphatic hydroxyl groups is 1. The molecule has 1 aromatic heterocycles. The van der Waals surface area contributed by atoms with Gasteiger partial charge in [0, 0.05) is 6.20 Å². The molecule has 1 unspecified atom stereocenters. The van der Waals surface area contributed by atoms with Gasteiger partial charge in [0.25, 0.3) is 0 Å². The molecule has 1 fully saturated rings. The first-order valence-corrected chi connectivity index (χ1v) is 10.9. The predicted octanol–water partition coefficient (Wildman–Crippen LogP) is 1.74. The first-order valence-electron chi connectivity index (χ1n) is 7.98. The van der Waals surface area contributed by atoms with E-state index in [9.17, 15) is 9.90 Å². The summed E-state index contributed by atoms with van der Waals surface area (Å²) in [4.78, 5) is 15.4. The monoisotopic (exact) mass is 377 g/mol. The van der Waals surface area contributed by atoms with Crippen LogP contribution in [0.1, 0.15) is 27.0 Å². The van der Waals surface area contributed by atoms with Gasteiger partial charge in [0.15, 0.2) is 8.32 Å². The van der Waals surface area contributed by atoms with Crippen LogP contribution in [0.15, 0.2) is 17.1 Å². The van der Waals surface area contributed by atoms with Crippen molar-refractivity contribution in [3.8, 4) is 0 Å². The number of aliphatic hydroxyl groups excluding tert-OH is 1. The van der Waals surface area contributed by atoms with Gasteiger partial charge in [0.2, 0.25) is 6.23 Å². The number of alkyl halides is 2. The summed E-state index contributed by atoms with van der Waals surface area (Å²) in [5.41, 5.74) is 4.44. The molecule has 25 heavy (non-hydrogen) atoms. The van der Waals surface area contributed by atoms with Crippen molar-refractivity contribution < 1.29 is 23.1 Å². The van der Waals surface area contributed by atoms with Gasteiger partial charge in [-0.3, -0.25) is 4.57 Å². The second kappa shape index (κ2) is 6.42. The van der Waals surface area contributed by atoms with Crippen molar-refractivity contribution in [3.05, 3.63) is 22.7 Å². The molecule has 1 aromatic rings. The lowest BCUT2D eigenvalue weighted by Crippen LogP contribution is -2.52. The molecule has 2 heterocycles. The van der Waals surface area contributed by atoms with Crippen molar-refractivity contribution >= 4 is 14.1 Å². The van der Waals surface area contributed by atoms with Crippen LogP contribution in [0, 0.1) is 0 Å². The molecule has 10 heteroatoms. The number of anilines is 1. The molecular formula is C15H25F2N3O4Si. The molecule has 1 aliphatic heterocycles. The molecular weight excluding hydrogens is 352 g/mol. The summed E-state index contributed by atoms with van der Waals surface area (Å²) in [7, 11) is -2.56. The van der Waals surface area contributed by atoms with Gasteiger partial charge in [-0.1, -0.05) is 20.8 Å². The molecule has 0 aliphatic carbocycles. The predicted molar refractivity (Wildman–Crippen MR) is 90.9 cm³/mol. The van der Waals surface area contributed by atoms with Crippen LogP contribution in [-0.4, -0.2) is 47.7 Å². The minimum atomic E-state index is -3.52. The van der Waals surface area contributed by atoms with Gasteiger partial charge in [0.1, 0.15) is 18.0 Å². The zero-order chi connectivity index (χ0) is 19.2. The number of nitrogen functional groups attached to an aromatic ring is 1. The highest BCUT2D eigenvalue weighted by Crippen LogP contribution is 2.47. The largest absolute Gasteiger partial charge is 0.405 e. The van der Waals surface area contributed by atoms with E-state index in [1.807, 2.05) is 33.9 Å². The van der Waals surface area contributed by atoms with Crippen molar-refractivity contribution in [2.45, 2.75) is 63.3 Å². The fourth-order valence-corrected chi connectivity index (χ4v) is 3.66. The molecule has 7 nitrogen and oxygen atoms in total. The second-order valence-electron chi connectivity index (χ2n) is 7.73. The lowest BCUT2D eigenvalue weighted by molar-refractivity contribution is -0.138. The summed E-state index contributed by atoms with van der Waals surface area (Å²) in [6.45, 7) is 8.79. The molecule has 3 atom stereocenters. The van der Waals surface area contributed by atoms with E-state index in [-0.39, 0.29) is 10.9 Å². The van der Waals surface area contributed by atoms with E-state index in [4.69, 9.17) is 14.9 Å². The van der Waals surface area contributed by atoms with Crippen molar-refractivity contribution in [1.82, 2.24) is 9.55 Å². The molecule has 0 amide bonds. The summed E-state index contributed by atoms with van der Waals surface area (Å²) >= 11 is 0. The molecule has 1 saturated heterocycles. The average Bonchev–Trinajstić information content (AvgIpc) is 2.69. The smallest absolute Gasteiger partial charge is 0.351 e.